The summed E-state index contributed by atoms with van der Waals surface area (Å²) in [5, 5.41) is 13.0. The Kier molecular flexibility index (Phi) is 6.69. The van der Waals surface area contributed by atoms with Gasteiger partial charge in [0.05, 0.1) is 0 Å². The van der Waals surface area contributed by atoms with Crippen molar-refractivity contribution in [3.63, 3.8) is 0 Å². The van der Waals surface area contributed by atoms with Crippen molar-refractivity contribution in [2.75, 3.05) is 11.9 Å². The number of carbonyl (C=O) groups excluding carboxylic acids is 1. The minimum Gasteiger partial charge on any atom is -0.396 e. The van der Waals surface area contributed by atoms with Crippen LogP contribution in [-0.2, 0) is 17.8 Å². The number of aliphatic hydroxyl groups excluding tert-OH is 1. The Bertz CT molecular complexity index is 1110. The van der Waals surface area contributed by atoms with Crippen LogP contribution in [0.2, 0.25) is 10.0 Å². The second-order valence-corrected chi connectivity index (χ2v) is 7.31. The van der Waals surface area contributed by atoms with Crippen LogP contribution in [-0.4, -0.2) is 27.2 Å². The molecule has 0 bridgehead atoms. The fourth-order valence-electron chi connectivity index (χ4n) is 3.01. The highest BCUT2D eigenvalue weighted by molar-refractivity contribution is 6.31. The van der Waals surface area contributed by atoms with Gasteiger partial charge in [-0.1, -0.05) is 41.4 Å². The molecule has 0 atom stereocenters. The van der Waals surface area contributed by atoms with Gasteiger partial charge in [-0.3, -0.25) is 14.2 Å². The van der Waals surface area contributed by atoms with Gasteiger partial charge < -0.3 is 10.4 Å². The molecule has 2 aromatic carbocycles. The predicted octanol–water partition coefficient (Wildman–Crippen LogP) is 3.70. The zero-order chi connectivity index (χ0) is 21.0. The molecule has 0 saturated carbocycles. The lowest BCUT2D eigenvalue weighted by molar-refractivity contribution is -0.116. The molecule has 3 aromatic rings. The third-order valence-corrected chi connectivity index (χ3v) is 4.79. The lowest BCUT2D eigenvalue weighted by Crippen LogP contribution is -2.33. The Morgan fingerprint density at radius 3 is 2.48 bits per heavy atom. The number of halogens is 2. The van der Waals surface area contributed by atoms with Crippen molar-refractivity contribution in [1.82, 2.24) is 9.55 Å². The minimum atomic E-state index is -0.404. The van der Waals surface area contributed by atoms with Crippen molar-refractivity contribution in [3.05, 3.63) is 80.2 Å². The number of aliphatic hydroxyl groups is 1. The van der Waals surface area contributed by atoms with Gasteiger partial charge in [0.1, 0.15) is 12.4 Å². The van der Waals surface area contributed by atoms with Gasteiger partial charge in [-0.2, -0.15) is 0 Å². The molecular formula is C21H19Cl2N3O3. The first-order valence-electron chi connectivity index (χ1n) is 8.91. The summed E-state index contributed by atoms with van der Waals surface area (Å²) in [7, 11) is 0. The number of hydrogen-bond acceptors (Lipinski definition) is 4. The van der Waals surface area contributed by atoms with E-state index in [1.807, 2.05) is 0 Å². The van der Waals surface area contributed by atoms with Crippen LogP contribution in [0.5, 0.6) is 0 Å². The highest BCUT2D eigenvalue weighted by atomic mass is 35.5. The third kappa shape index (κ3) is 5.03. The smallest absolute Gasteiger partial charge is 0.257 e. The van der Waals surface area contributed by atoms with Gasteiger partial charge in [-0.15, -0.1) is 0 Å². The van der Waals surface area contributed by atoms with Crippen molar-refractivity contribution in [2.24, 2.45) is 0 Å². The van der Waals surface area contributed by atoms with Crippen molar-refractivity contribution < 1.29 is 9.90 Å². The lowest BCUT2D eigenvalue weighted by atomic mass is 10.1. The van der Waals surface area contributed by atoms with Crippen LogP contribution in [0, 0.1) is 6.92 Å². The Hall–Kier alpha value is -2.67. The monoisotopic (exact) mass is 431 g/mol. The summed E-state index contributed by atoms with van der Waals surface area (Å²) >= 11 is 12.0. The molecule has 0 aliphatic rings. The molecular weight excluding hydrogens is 413 g/mol. The number of anilines is 1. The second kappa shape index (κ2) is 9.22. The van der Waals surface area contributed by atoms with E-state index in [1.54, 1.807) is 55.5 Å². The number of aryl methyl sites for hydroxylation is 1. The fourth-order valence-corrected chi connectivity index (χ4v) is 3.39. The number of benzene rings is 2. The van der Waals surface area contributed by atoms with Crippen LogP contribution in [0.3, 0.4) is 0 Å². The van der Waals surface area contributed by atoms with Gasteiger partial charge >= 0.3 is 0 Å². The lowest BCUT2D eigenvalue weighted by Gasteiger charge is -2.16. The van der Waals surface area contributed by atoms with Crippen LogP contribution in [0.15, 0.2) is 53.3 Å². The molecule has 0 unspecified atom stereocenters. The second-order valence-electron chi connectivity index (χ2n) is 6.43. The Balaban J connectivity index is 2.03. The van der Waals surface area contributed by atoms with Crippen LogP contribution >= 0.6 is 23.2 Å². The number of nitrogens with zero attached hydrogens (tertiary/aromatic N) is 2. The zero-order valence-electron chi connectivity index (χ0n) is 15.7. The predicted molar refractivity (Wildman–Crippen MR) is 115 cm³/mol. The van der Waals surface area contributed by atoms with Crippen LogP contribution in [0.1, 0.15) is 11.3 Å². The molecule has 1 amide bonds. The van der Waals surface area contributed by atoms with Crippen LogP contribution < -0.4 is 10.9 Å². The molecule has 2 N–H and O–H groups in total. The van der Waals surface area contributed by atoms with Gasteiger partial charge in [-0.25, -0.2) is 4.98 Å². The fraction of sp³-hybridized carbons (Fsp3) is 0.190. The average molecular weight is 432 g/mol. The van der Waals surface area contributed by atoms with Crippen molar-refractivity contribution in [2.45, 2.75) is 19.9 Å². The Morgan fingerprint density at radius 2 is 1.83 bits per heavy atom. The summed E-state index contributed by atoms with van der Waals surface area (Å²) in [6, 6.07) is 13.6. The molecule has 0 aliphatic heterocycles. The molecule has 3 rings (SSSR count). The van der Waals surface area contributed by atoms with E-state index in [9.17, 15) is 14.7 Å². The highest BCUT2D eigenvalue weighted by Crippen LogP contribution is 2.22. The molecule has 0 radical (unpaired) electrons. The largest absolute Gasteiger partial charge is 0.396 e. The standard InChI is InChI=1S/C21H19Cl2N3O3/c1-13-18(8-9-27)21(29)26(20(24-13)14-4-2-5-15(22)10-14)12-19(28)25-17-7-3-6-16(23)11-17/h2-7,10-11,27H,8-9,12H2,1H3,(H,25,28). The average Bonchev–Trinajstić information content (AvgIpc) is 2.67. The number of aromatic nitrogens is 2. The summed E-state index contributed by atoms with van der Waals surface area (Å²) in [5.74, 6) is -0.0730. The van der Waals surface area contributed by atoms with E-state index >= 15 is 0 Å². The molecule has 0 spiro atoms. The maximum atomic E-state index is 13.1. The first-order chi connectivity index (χ1) is 13.9. The zero-order valence-corrected chi connectivity index (χ0v) is 17.2. The molecule has 0 aliphatic carbocycles. The number of carbonyl (C=O) groups is 1. The molecule has 1 aromatic heterocycles. The van der Waals surface area contributed by atoms with E-state index < -0.39 is 5.91 Å². The molecule has 6 nitrogen and oxygen atoms in total. The first-order valence-corrected chi connectivity index (χ1v) is 9.67. The number of rotatable bonds is 6. The van der Waals surface area contributed by atoms with E-state index in [0.29, 0.717) is 38.4 Å². The molecule has 150 valence electrons. The molecule has 0 fully saturated rings. The summed E-state index contributed by atoms with van der Waals surface area (Å²) in [4.78, 5) is 30.2. The van der Waals surface area contributed by atoms with Crippen molar-refractivity contribution in [1.29, 1.82) is 0 Å². The van der Waals surface area contributed by atoms with Gasteiger partial charge in [0.2, 0.25) is 5.91 Å². The quantitative estimate of drug-likeness (QED) is 0.622. The van der Waals surface area contributed by atoms with Gasteiger partial charge in [0.15, 0.2) is 0 Å². The van der Waals surface area contributed by atoms with E-state index in [2.05, 4.69) is 10.3 Å². The summed E-state index contributed by atoms with van der Waals surface area (Å²) in [6.07, 6.45) is 0.156. The van der Waals surface area contributed by atoms with Crippen molar-refractivity contribution >= 4 is 34.8 Å². The molecule has 0 saturated heterocycles. The van der Waals surface area contributed by atoms with E-state index in [-0.39, 0.29) is 25.1 Å². The third-order valence-electron chi connectivity index (χ3n) is 4.32. The summed E-state index contributed by atoms with van der Waals surface area (Å²) in [5.41, 5.74) is 1.64. The summed E-state index contributed by atoms with van der Waals surface area (Å²) in [6.45, 7) is 1.26. The molecule has 29 heavy (non-hydrogen) atoms. The topological polar surface area (TPSA) is 84.2 Å². The highest BCUT2D eigenvalue weighted by Gasteiger charge is 2.18. The number of amides is 1. The SMILES string of the molecule is Cc1nc(-c2cccc(Cl)c2)n(CC(=O)Nc2cccc(Cl)c2)c(=O)c1CCO. The summed E-state index contributed by atoms with van der Waals surface area (Å²) < 4.78 is 1.30. The van der Waals surface area contributed by atoms with Crippen molar-refractivity contribution in [3.8, 4) is 11.4 Å². The molecule has 1 heterocycles. The Morgan fingerprint density at radius 1 is 1.14 bits per heavy atom. The maximum absolute atomic E-state index is 13.1. The van der Waals surface area contributed by atoms with E-state index in [0.717, 1.165) is 0 Å². The minimum absolute atomic E-state index is 0.156. The van der Waals surface area contributed by atoms with Crippen LogP contribution in [0.25, 0.3) is 11.4 Å². The Labute approximate surface area is 177 Å². The van der Waals surface area contributed by atoms with Gasteiger partial charge in [0.25, 0.3) is 5.56 Å². The van der Waals surface area contributed by atoms with Crippen LogP contribution in [0.4, 0.5) is 5.69 Å². The normalized spacial score (nSPS) is 10.8. The maximum Gasteiger partial charge on any atom is 0.257 e. The van der Waals surface area contributed by atoms with E-state index in [1.165, 1.54) is 4.57 Å². The van der Waals surface area contributed by atoms with E-state index in [4.69, 9.17) is 23.2 Å². The van der Waals surface area contributed by atoms with Gasteiger partial charge in [-0.05, 0) is 37.3 Å². The number of nitrogens with one attached hydrogen (secondary N) is 1. The van der Waals surface area contributed by atoms with Gasteiger partial charge in [0, 0.05) is 45.6 Å². The number of hydrogen-bond donors (Lipinski definition) is 2. The first kappa shape index (κ1) is 21.0. The molecule has 8 heteroatoms.